The Morgan fingerprint density at radius 3 is 2.42 bits per heavy atom. The van der Waals surface area contributed by atoms with Crippen molar-refractivity contribution in [2.24, 2.45) is 0 Å². The van der Waals surface area contributed by atoms with Crippen molar-refractivity contribution in [1.82, 2.24) is 15.0 Å². The molecule has 0 spiro atoms. The van der Waals surface area contributed by atoms with Gasteiger partial charge in [0.05, 0.1) is 17.6 Å². The van der Waals surface area contributed by atoms with Gasteiger partial charge in [0.15, 0.2) is 0 Å². The van der Waals surface area contributed by atoms with Gasteiger partial charge in [-0.15, -0.1) is 11.3 Å². The van der Waals surface area contributed by atoms with Crippen molar-refractivity contribution < 1.29 is 22.7 Å². The van der Waals surface area contributed by atoms with E-state index in [1.54, 1.807) is 18.3 Å². The molecule has 0 saturated heterocycles. The molecule has 0 aliphatic heterocycles. The summed E-state index contributed by atoms with van der Waals surface area (Å²) in [5, 5.41) is 3.75. The summed E-state index contributed by atoms with van der Waals surface area (Å²) in [6.45, 7) is 6.00. The predicted molar refractivity (Wildman–Crippen MR) is 133 cm³/mol. The van der Waals surface area contributed by atoms with Crippen LogP contribution in [-0.4, -0.2) is 28.0 Å². The molecule has 0 amide bonds. The van der Waals surface area contributed by atoms with Crippen molar-refractivity contribution in [2.45, 2.75) is 32.4 Å². The van der Waals surface area contributed by atoms with Crippen molar-refractivity contribution in [3.8, 4) is 10.4 Å². The number of nitrogens with one attached hydrogen (secondary N) is 1. The van der Waals surface area contributed by atoms with Crippen molar-refractivity contribution >= 4 is 28.9 Å². The number of methoxy groups -OCH3 is 1. The van der Waals surface area contributed by atoms with Gasteiger partial charge in [-0.3, -0.25) is 0 Å². The van der Waals surface area contributed by atoms with Gasteiger partial charge in [-0.05, 0) is 67.8 Å². The van der Waals surface area contributed by atoms with Crippen LogP contribution in [0.1, 0.15) is 46.0 Å². The summed E-state index contributed by atoms with van der Waals surface area (Å²) < 4.78 is 43.8. The minimum Gasteiger partial charge on any atom is -0.465 e. The number of ether oxygens (including phenoxy) is 1. The van der Waals surface area contributed by atoms with Crippen molar-refractivity contribution in [3.63, 3.8) is 0 Å². The molecule has 0 aliphatic rings. The first-order valence-corrected chi connectivity index (χ1v) is 11.7. The summed E-state index contributed by atoms with van der Waals surface area (Å²) in [6, 6.07) is 13.7. The summed E-state index contributed by atoms with van der Waals surface area (Å²) in [6.07, 6.45) is -1.70. The number of nitrogens with zero attached hydrogens (tertiary/aromatic N) is 3. The van der Waals surface area contributed by atoms with Gasteiger partial charge >= 0.3 is 12.1 Å². The van der Waals surface area contributed by atoms with Crippen molar-refractivity contribution in [2.75, 3.05) is 12.4 Å². The Labute approximate surface area is 210 Å². The van der Waals surface area contributed by atoms with Gasteiger partial charge in [0.2, 0.25) is 5.95 Å². The quantitative estimate of drug-likeness (QED) is 0.287. The first kappa shape index (κ1) is 25.3. The van der Waals surface area contributed by atoms with Crippen LogP contribution < -0.4 is 5.32 Å². The molecule has 0 radical (unpaired) electrons. The van der Waals surface area contributed by atoms with E-state index in [2.05, 4.69) is 34.1 Å². The summed E-state index contributed by atoms with van der Waals surface area (Å²) in [5.41, 5.74) is 2.37. The number of aryl methyl sites for hydroxylation is 1. The highest BCUT2D eigenvalue weighted by Crippen LogP contribution is 2.38. The lowest BCUT2D eigenvalue weighted by molar-refractivity contribution is -0.141. The van der Waals surface area contributed by atoms with Crippen molar-refractivity contribution in [1.29, 1.82) is 0 Å². The number of esters is 1. The molecule has 2 aromatic carbocycles. The van der Waals surface area contributed by atoms with E-state index in [0.29, 0.717) is 11.3 Å². The largest absolute Gasteiger partial charge is 0.465 e. The number of thiazole rings is 1. The maximum absolute atomic E-state index is 13.0. The zero-order chi connectivity index (χ0) is 26.1. The number of benzene rings is 2. The molecule has 0 aliphatic carbocycles. The highest BCUT2D eigenvalue weighted by atomic mass is 32.1. The zero-order valence-electron chi connectivity index (χ0n) is 20.0. The minimum atomic E-state index is -4.55. The molecule has 2 aromatic heterocycles. The molecule has 2 heterocycles. The smallest absolute Gasteiger partial charge is 0.433 e. The molecule has 10 heteroatoms. The molecule has 0 fully saturated rings. The maximum Gasteiger partial charge on any atom is 0.433 e. The Bertz CT molecular complexity index is 1400. The number of carbonyl (C=O) groups excluding carboxylic acids is 1. The lowest BCUT2D eigenvalue weighted by Crippen LogP contribution is -2.18. The Hall–Kier alpha value is -3.79. The molecular weight excluding hydrogens is 489 g/mol. The minimum absolute atomic E-state index is 0.136. The van der Waals surface area contributed by atoms with E-state index < -0.39 is 23.3 Å². The van der Waals surface area contributed by atoms with E-state index in [1.165, 1.54) is 18.4 Å². The Morgan fingerprint density at radius 1 is 1.03 bits per heavy atom. The zero-order valence-corrected chi connectivity index (χ0v) is 20.8. The van der Waals surface area contributed by atoms with Crippen LogP contribution in [-0.2, 0) is 16.3 Å². The second kappa shape index (κ2) is 9.69. The second-order valence-corrected chi connectivity index (χ2v) is 9.73. The highest BCUT2D eigenvalue weighted by Gasteiger charge is 2.33. The van der Waals surface area contributed by atoms with E-state index in [-0.39, 0.29) is 5.95 Å². The number of hydrogen-bond donors (Lipinski definition) is 1. The fourth-order valence-corrected chi connectivity index (χ4v) is 4.69. The van der Waals surface area contributed by atoms with Gasteiger partial charge in [0.25, 0.3) is 0 Å². The van der Waals surface area contributed by atoms with Gasteiger partial charge in [0.1, 0.15) is 10.7 Å². The SMILES string of the molecule is COC(=O)c1ccc(C(C)(C)c2ncc(-c3cc(C)cc(Nc4nccc(C(F)(F)F)n4)c3)s2)cc1. The summed E-state index contributed by atoms with van der Waals surface area (Å²) in [4.78, 5) is 24.8. The van der Waals surface area contributed by atoms with Gasteiger partial charge in [-0.25, -0.2) is 19.7 Å². The van der Waals surface area contributed by atoms with Crippen molar-refractivity contribution in [3.05, 3.63) is 88.3 Å². The first-order chi connectivity index (χ1) is 17.0. The molecule has 0 atom stereocenters. The Morgan fingerprint density at radius 2 is 1.75 bits per heavy atom. The van der Waals surface area contributed by atoms with Crippen LogP contribution in [0.15, 0.2) is 60.9 Å². The number of aromatic nitrogens is 3. The highest BCUT2D eigenvalue weighted by molar-refractivity contribution is 7.15. The van der Waals surface area contributed by atoms with E-state index in [4.69, 9.17) is 4.74 Å². The number of alkyl halides is 3. The maximum atomic E-state index is 13.0. The molecule has 186 valence electrons. The standard InChI is InChI=1S/C26H23F3N4O2S/c1-15-11-17(13-19(12-15)32-24-30-10-9-21(33-24)26(27,28)29)20-14-31-23(36-20)25(2,3)18-7-5-16(6-8-18)22(34)35-4/h5-14H,1-4H3,(H,30,32,33). The summed E-state index contributed by atoms with van der Waals surface area (Å²) >= 11 is 1.52. The third-order valence-electron chi connectivity index (χ3n) is 5.63. The topological polar surface area (TPSA) is 77.0 Å². The number of carbonyl (C=O) groups is 1. The Balaban J connectivity index is 1.60. The molecule has 1 N–H and O–H groups in total. The number of rotatable bonds is 6. The third kappa shape index (κ3) is 5.38. The summed E-state index contributed by atoms with van der Waals surface area (Å²) in [5.74, 6) is -0.529. The molecule has 0 saturated carbocycles. The van der Waals surface area contributed by atoms with Crippen LogP contribution in [0.5, 0.6) is 0 Å². The van der Waals surface area contributed by atoms with Crippen LogP contribution in [0.4, 0.5) is 24.8 Å². The molecule has 4 rings (SSSR count). The normalized spacial score (nSPS) is 11.9. The lowest BCUT2D eigenvalue weighted by atomic mass is 9.85. The average molecular weight is 513 g/mol. The molecule has 6 nitrogen and oxygen atoms in total. The Kier molecular flexibility index (Phi) is 6.81. The van der Waals surface area contributed by atoms with E-state index >= 15 is 0 Å². The fraction of sp³-hybridized carbons (Fsp3) is 0.231. The lowest BCUT2D eigenvalue weighted by Gasteiger charge is -2.22. The molecule has 4 aromatic rings. The fourth-order valence-electron chi connectivity index (χ4n) is 3.66. The van der Waals surface area contributed by atoms with Crippen LogP contribution in [0.2, 0.25) is 0 Å². The van der Waals surface area contributed by atoms with Crippen LogP contribution in [0.3, 0.4) is 0 Å². The van der Waals surface area contributed by atoms with Gasteiger partial charge in [-0.2, -0.15) is 13.2 Å². The third-order valence-corrected chi connectivity index (χ3v) is 7.00. The van der Waals surface area contributed by atoms with Crippen LogP contribution in [0.25, 0.3) is 10.4 Å². The van der Waals surface area contributed by atoms with Crippen LogP contribution >= 0.6 is 11.3 Å². The van der Waals surface area contributed by atoms with Crippen LogP contribution in [0, 0.1) is 6.92 Å². The molecule has 36 heavy (non-hydrogen) atoms. The van der Waals surface area contributed by atoms with Gasteiger partial charge in [0, 0.05) is 23.5 Å². The van der Waals surface area contributed by atoms with E-state index in [9.17, 15) is 18.0 Å². The molecule has 0 unspecified atom stereocenters. The first-order valence-electron chi connectivity index (χ1n) is 10.9. The monoisotopic (exact) mass is 512 g/mol. The van der Waals surface area contributed by atoms with Gasteiger partial charge in [-0.1, -0.05) is 18.2 Å². The average Bonchev–Trinajstić information content (AvgIpc) is 3.34. The van der Waals surface area contributed by atoms with E-state index in [0.717, 1.165) is 38.8 Å². The van der Waals surface area contributed by atoms with E-state index in [1.807, 2.05) is 37.3 Å². The molecule has 0 bridgehead atoms. The summed E-state index contributed by atoms with van der Waals surface area (Å²) in [7, 11) is 1.34. The predicted octanol–water partition coefficient (Wildman–Crippen LogP) is 6.78. The van der Waals surface area contributed by atoms with Gasteiger partial charge < -0.3 is 10.1 Å². The molecular formula is C26H23F3N4O2S. The number of halogens is 3. The number of anilines is 2. The number of hydrogen-bond acceptors (Lipinski definition) is 7. The second-order valence-electron chi connectivity index (χ2n) is 8.70.